The highest BCUT2D eigenvalue weighted by molar-refractivity contribution is 6.01. The van der Waals surface area contributed by atoms with Gasteiger partial charge in [0, 0.05) is 12.2 Å². The Hall–Kier alpha value is -1.35. The fraction of sp³-hybridized carbons (Fsp3) is 0.462. The molecule has 0 aromatic heterocycles. The van der Waals surface area contributed by atoms with Crippen molar-refractivity contribution in [2.24, 2.45) is 5.16 Å². The molecule has 0 amide bonds. The molecule has 0 spiro atoms. The summed E-state index contributed by atoms with van der Waals surface area (Å²) in [4.78, 5) is 5.09. The van der Waals surface area contributed by atoms with E-state index in [1.165, 1.54) is 5.56 Å². The van der Waals surface area contributed by atoms with Gasteiger partial charge < -0.3 is 9.57 Å². The van der Waals surface area contributed by atoms with E-state index in [1.807, 2.05) is 26.0 Å². The molecule has 3 nitrogen and oxygen atoms in total. The first-order valence-corrected chi connectivity index (χ1v) is 5.61. The van der Waals surface area contributed by atoms with Crippen molar-refractivity contribution in [3.8, 4) is 0 Å². The zero-order chi connectivity index (χ0) is 11.8. The average Bonchev–Trinajstić information content (AvgIpc) is 2.31. The number of aryl methyl sites for hydroxylation is 1. The van der Waals surface area contributed by atoms with Crippen molar-refractivity contribution < 1.29 is 9.57 Å². The molecule has 0 unspecified atom stereocenters. The molecule has 0 aliphatic heterocycles. The molecule has 0 N–H and O–H groups in total. The topological polar surface area (TPSA) is 30.8 Å². The van der Waals surface area contributed by atoms with Crippen LogP contribution in [0.5, 0.6) is 0 Å². The van der Waals surface area contributed by atoms with Crippen molar-refractivity contribution in [3.05, 3.63) is 35.4 Å². The maximum absolute atomic E-state index is 5.37. The number of hydrogen-bond donors (Lipinski definition) is 0. The fourth-order valence-corrected chi connectivity index (χ4v) is 1.25. The summed E-state index contributed by atoms with van der Waals surface area (Å²) in [6, 6.07) is 8.18. The summed E-state index contributed by atoms with van der Waals surface area (Å²) >= 11 is 0. The van der Waals surface area contributed by atoms with Gasteiger partial charge in [0.15, 0.2) is 0 Å². The lowest BCUT2D eigenvalue weighted by molar-refractivity contribution is 0.148. The van der Waals surface area contributed by atoms with Gasteiger partial charge in [-0.3, -0.25) is 0 Å². The molecule has 0 saturated carbocycles. The smallest absolute Gasteiger partial charge is 0.114 e. The molecule has 0 fully saturated rings. The van der Waals surface area contributed by atoms with Crippen LogP contribution in [0.25, 0.3) is 0 Å². The summed E-state index contributed by atoms with van der Waals surface area (Å²) in [5.74, 6) is 0. The highest BCUT2D eigenvalue weighted by Crippen LogP contribution is 2.06. The van der Waals surface area contributed by atoms with Gasteiger partial charge in [-0.05, 0) is 20.8 Å². The summed E-state index contributed by atoms with van der Waals surface area (Å²) in [6.45, 7) is 7.67. The van der Waals surface area contributed by atoms with Crippen LogP contribution < -0.4 is 0 Å². The molecule has 1 aromatic carbocycles. The van der Waals surface area contributed by atoms with Crippen molar-refractivity contribution in [1.29, 1.82) is 0 Å². The Bertz CT molecular complexity index is 330. The third-order valence-electron chi connectivity index (χ3n) is 2.13. The molecule has 1 aromatic rings. The lowest BCUT2D eigenvalue weighted by Gasteiger charge is -2.06. The molecule has 16 heavy (non-hydrogen) atoms. The van der Waals surface area contributed by atoms with E-state index < -0.39 is 0 Å². The minimum atomic E-state index is 0.486. The van der Waals surface area contributed by atoms with Gasteiger partial charge >= 0.3 is 0 Å². The fourth-order valence-electron chi connectivity index (χ4n) is 1.25. The monoisotopic (exact) mass is 221 g/mol. The van der Waals surface area contributed by atoms with E-state index in [4.69, 9.17) is 9.57 Å². The highest BCUT2D eigenvalue weighted by Gasteiger charge is 2.04. The van der Waals surface area contributed by atoms with Crippen molar-refractivity contribution >= 4 is 5.71 Å². The summed E-state index contributed by atoms with van der Waals surface area (Å²) < 4.78 is 5.37. The number of nitrogens with zero attached hydrogens (tertiary/aromatic N) is 1. The van der Waals surface area contributed by atoms with E-state index in [-0.39, 0.29) is 0 Å². The first-order chi connectivity index (χ1) is 7.77. The van der Waals surface area contributed by atoms with Crippen LogP contribution in [0, 0.1) is 6.92 Å². The molecular weight excluding hydrogens is 202 g/mol. The number of benzene rings is 1. The van der Waals surface area contributed by atoms with Gasteiger partial charge in [-0.15, -0.1) is 0 Å². The quantitative estimate of drug-likeness (QED) is 0.546. The Labute approximate surface area is 97.1 Å². The number of hydrogen-bond acceptors (Lipinski definition) is 3. The van der Waals surface area contributed by atoms with Gasteiger partial charge in [0.25, 0.3) is 0 Å². The minimum absolute atomic E-state index is 0.486. The predicted octanol–water partition coefficient (Wildman–Crippen LogP) is 2.77. The van der Waals surface area contributed by atoms with Crippen molar-refractivity contribution in [2.75, 3.05) is 19.8 Å². The largest absolute Gasteiger partial charge is 0.396 e. The van der Waals surface area contributed by atoms with Crippen molar-refractivity contribution in [3.63, 3.8) is 0 Å². The zero-order valence-corrected chi connectivity index (χ0v) is 10.2. The van der Waals surface area contributed by atoms with Gasteiger partial charge in [0.2, 0.25) is 0 Å². The number of ether oxygens (including phenoxy) is 1. The normalized spacial score (nSPS) is 11.6. The van der Waals surface area contributed by atoms with E-state index in [2.05, 4.69) is 24.2 Å². The molecule has 88 valence electrons. The molecule has 0 atom stereocenters. The Balaban J connectivity index is 2.78. The second-order valence-electron chi connectivity index (χ2n) is 3.46. The second-order valence-corrected chi connectivity index (χ2v) is 3.46. The Morgan fingerprint density at radius 3 is 2.38 bits per heavy atom. The summed E-state index contributed by atoms with van der Waals surface area (Å²) in [5, 5.41) is 4.07. The van der Waals surface area contributed by atoms with Crippen molar-refractivity contribution in [2.45, 2.75) is 20.8 Å². The summed E-state index contributed by atoms with van der Waals surface area (Å²) in [6.07, 6.45) is 0. The van der Waals surface area contributed by atoms with Crippen LogP contribution in [0.15, 0.2) is 29.4 Å². The van der Waals surface area contributed by atoms with Crippen LogP contribution in [0.2, 0.25) is 0 Å². The molecule has 0 aliphatic carbocycles. The lowest BCUT2D eigenvalue weighted by Crippen LogP contribution is -2.11. The predicted molar refractivity (Wildman–Crippen MR) is 65.8 cm³/mol. The third kappa shape index (κ3) is 4.03. The van der Waals surface area contributed by atoms with Gasteiger partial charge in [-0.1, -0.05) is 35.0 Å². The maximum atomic E-state index is 5.37. The van der Waals surface area contributed by atoms with E-state index in [1.54, 1.807) is 0 Å². The SMILES string of the molecule is CCOC/C(=N\OCC)c1ccc(C)cc1. The van der Waals surface area contributed by atoms with Gasteiger partial charge in [-0.2, -0.15) is 0 Å². The summed E-state index contributed by atoms with van der Waals surface area (Å²) in [7, 11) is 0. The van der Waals surface area contributed by atoms with Crippen LogP contribution in [0.3, 0.4) is 0 Å². The first kappa shape index (κ1) is 12.7. The van der Waals surface area contributed by atoms with Crippen LogP contribution in [-0.2, 0) is 9.57 Å². The Morgan fingerprint density at radius 1 is 1.12 bits per heavy atom. The number of rotatable bonds is 6. The molecule has 0 aliphatic rings. The molecule has 1 rings (SSSR count). The van der Waals surface area contributed by atoms with E-state index in [9.17, 15) is 0 Å². The van der Waals surface area contributed by atoms with Crippen molar-refractivity contribution in [1.82, 2.24) is 0 Å². The molecule has 0 bridgehead atoms. The molecular formula is C13H19NO2. The van der Waals surface area contributed by atoms with E-state index >= 15 is 0 Å². The van der Waals surface area contributed by atoms with Gasteiger partial charge in [0.1, 0.15) is 12.3 Å². The second kappa shape index (κ2) is 7.01. The third-order valence-corrected chi connectivity index (χ3v) is 2.13. The first-order valence-electron chi connectivity index (χ1n) is 5.61. The van der Waals surface area contributed by atoms with Gasteiger partial charge in [0.05, 0.1) is 6.61 Å². The Kier molecular flexibility index (Phi) is 5.57. The lowest BCUT2D eigenvalue weighted by atomic mass is 10.1. The van der Waals surface area contributed by atoms with Crippen LogP contribution in [-0.4, -0.2) is 25.5 Å². The summed E-state index contributed by atoms with van der Waals surface area (Å²) in [5.41, 5.74) is 3.12. The average molecular weight is 221 g/mol. The maximum Gasteiger partial charge on any atom is 0.114 e. The molecule has 3 heteroatoms. The minimum Gasteiger partial charge on any atom is -0.396 e. The highest BCUT2D eigenvalue weighted by atomic mass is 16.6. The van der Waals surface area contributed by atoms with Gasteiger partial charge in [-0.25, -0.2) is 0 Å². The zero-order valence-electron chi connectivity index (χ0n) is 10.2. The molecule has 0 saturated heterocycles. The molecule has 0 heterocycles. The number of oxime groups is 1. The van der Waals surface area contributed by atoms with E-state index in [0.717, 1.165) is 11.3 Å². The van der Waals surface area contributed by atoms with E-state index in [0.29, 0.717) is 19.8 Å². The van der Waals surface area contributed by atoms with Crippen LogP contribution >= 0.6 is 0 Å². The molecule has 0 radical (unpaired) electrons. The van der Waals surface area contributed by atoms with Crippen LogP contribution in [0.1, 0.15) is 25.0 Å². The standard InChI is InChI=1S/C13H19NO2/c1-4-15-10-13(14-16-5-2)12-8-6-11(3)7-9-12/h6-9H,4-5,10H2,1-3H3/b14-13+. The Morgan fingerprint density at radius 2 is 1.81 bits per heavy atom. The van der Waals surface area contributed by atoms with Crippen LogP contribution in [0.4, 0.5) is 0 Å².